The van der Waals surface area contributed by atoms with Crippen molar-refractivity contribution in [3.63, 3.8) is 0 Å². The fourth-order valence-corrected chi connectivity index (χ4v) is 3.16. The van der Waals surface area contributed by atoms with E-state index in [0.29, 0.717) is 6.04 Å². The van der Waals surface area contributed by atoms with Gasteiger partial charge in [0.15, 0.2) is 0 Å². The molecule has 3 unspecified atom stereocenters. The molecule has 0 spiro atoms. The van der Waals surface area contributed by atoms with E-state index in [1.165, 1.54) is 31.2 Å². The van der Waals surface area contributed by atoms with Gasteiger partial charge in [0.05, 0.1) is 0 Å². The summed E-state index contributed by atoms with van der Waals surface area (Å²) in [5.74, 6) is 2.62. The van der Waals surface area contributed by atoms with Crippen LogP contribution in [0.5, 0.6) is 0 Å². The maximum absolute atomic E-state index is 3.49. The number of nitrogens with one attached hydrogen (secondary N) is 1. The summed E-state index contributed by atoms with van der Waals surface area (Å²) in [6.07, 6.45) is 5.60. The van der Waals surface area contributed by atoms with Crippen LogP contribution < -0.4 is 5.32 Å². The zero-order valence-electron chi connectivity index (χ0n) is 10.9. The molecular formula is C16H23N. The van der Waals surface area contributed by atoms with Crippen LogP contribution in [0.15, 0.2) is 24.3 Å². The monoisotopic (exact) mass is 229 g/mol. The highest BCUT2D eigenvalue weighted by Gasteiger charge is 2.39. The summed E-state index contributed by atoms with van der Waals surface area (Å²) in [6, 6.07) is 9.98. The van der Waals surface area contributed by atoms with Crippen LogP contribution in [0.1, 0.15) is 55.7 Å². The SMILES string of the molecule is CNC(c1ccc(C2CCC2)cc1)C1CC1C. The predicted octanol–water partition coefficient (Wildman–Crippen LogP) is 3.87. The van der Waals surface area contributed by atoms with Gasteiger partial charge >= 0.3 is 0 Å². The topological polar surface area (TPSA) is 12.0 Å². The van der Waals surface area contributed by atoms with Crippen LogP contribution in [-0.4, -0.2) is 7.05 Å². The van der Waals surface area contributed by atoms with E-state index in [4.69, 9.17) is 0 Å². The minimum Gasteiger partial charge on any atom is -0.313 e. The number of rotatable bonds is 4. The summed E-state index contributed by atoms with van der Waals surface area (Å²) >= 11 is 0. The second-order valence-corrected chi connectivity index (χ2v) is 5.94. The van der Waals surface area contributed by atoms with E-state index in [9.17, 15) is 0 Å². The van der Waals surface area contributed by atoms with E-state index >= 15 is 0 Å². The van der Waals surface area contributed by atoms with E-state index in [1.807, 2.05) is 0 Å². The predicted molar refractivity (Wildman–Crippen MR) is 72.1 cm³/mol. The molecular weight excluding hydrogens is 206 g/mol. The van der Waals surface area contributed by atoms with Crippen molar-refractivity contribution in [1.82, 2.24) is 5.32 Å². The summed E-state index contributed by atoms with van der Waals surface area (Å²) < 4.78 is 0. The van der Waals surface area contributed by atoms with Gasteiger partial charge in [0.2, 0.25) is 0 Å². The molecule has 92 valence electrons. The Morgan fingerprint density at radius 2 is 1.82 bits per heavy atom. The quantitative estimate of drug-likeness (QED) is 0.826. The minimum absolute atomic E-state index is 0.570. The Hall–Kier alpha value is -0.820. The van der Waals surface area contributed by atoms with Crippen LogP contribution in [0.4, 0.5) is 0 Å². The molecule has 0 saturated heterocycles. The fraction of sp³-hybridized carbons (Fsp3) is 0.625. The molecule has 0 amide bonds. The molecule has 1 nitrogen and oxygen atoms in total. The summed E-state index contributed by atoms with van der Waals surface area (Å²) in [5, 5.41) is 3.49. The second-order valence-electron chi connectivity index (χ2n) is 5.94. The van der Waals surface area contributed by atoms with Crippen molar-refractivity contribution < 1.29 is 0 Å². The third kappa shape index (κ3) is 2.13. The first-order chi connectivity index (χ1) is 8.29. The highest BCUT2D eigenvalue weighted by molar-refractivity contribution is 5.29. The second kappa shape index (κ2) is 4.45. The van der Waals surface area contributed by atoms with E-state index in [-0.39, 0.29) is 0 Å². The largest absolute Gasteiger partial charge is 0.313 e. The van der Waals surface area contributed by atoms with Crippen LogP contribution in [0.3, 0.4) is 0 Å². The standard InChI is InChI=1S/C16H23N/c1-11-10-15(11)16(17-2)14-8-6-13(7-9-14)12-4-3-5-12/h6-9,11-12,15-17H,3-5,10H2,1-2H3. The van der Waals surface area contributed by atoms with Crippen LogP contribution in [0.2, 0.25) is 0 Å². The summed E-state index contributed by atoms with van der Waals surface area (Å²) in [4.78, 5) is 0. The van der Waals surface area contributed by atoms with Crippen molar-refractivity contribution in [2.75, 3.05) is 7.05 Å². The van der Waals surface area contributed by atoms with Gasteiger partial charge < -0.3 is 5.32 Å². The van der Waals surface area contributed by atoms with Crippen LogP contribution in [-0.2, 0) is 0 Å². The molecule has 2 saturated carbocycles. The van der Waals surface area contributed by atoms with Gasteiger partial charge in [-0.15, -0.1) is 0 Å². The van der Waals surface area contributed by atoms with Gasteiger partial charge in [0.1, 0.15) is 0 Å². The van der Waals surface area contributed by atoms with E-state index in [1.54, 1.807) is 5.56 Å². The third-order valence-electron chi connectivity index (χ3n) is 4.78. The van der Waals surface area contributed by atoms with E-state index in [0.717, 1.165) is 17.8 Å². The molecule has 0 heterocycles. The highest BCUT2D eigenvalue weighted by atomic mass is 14.9. The lowest BCUT2D eigenvalue weighted by Crippen LogP contribution is -2.19. The first kappa shape index (κ1) is 11.3. The van der Waals surface area contributed by atoms with Gasteiger partial charge in [0.25, 0.3) is 0 Å². The molecule has 2 aliphatic rings. The van der Waals surface area contributed by atoms with Gasteiger partial charge in [0, 0.05) is 6.04 Å². The smallest absolute Gasteiger partial charge is 0.0348 e. The Morgan fingerprint density at radius 3 is 2.24 bits per heavy atom. The van der Waals surface area contributed by atoms with E-state index < -0.39 is 0 Å². The van der Waals surface area contributed by atoms with Crippen molar-refractivity contribution in [2.45, 2.75) is 44.6 Å². The third-order valence-corrected chi connectivity index (χ3v) is 4.78. The maximum Gasteiger partial charge on any atom is 0.0348 e. The van der Waals surface area contributed by atoms with Gasteiger partial charge in [-0.05, 0) is 55.2 Å². The molecule has 3 atom stereocenters. The van der Waals surface area contributed by atoms with Crippen LogP contribution in [0, 0.1) is 11.8 Å². The highest BCUT2D eigenvalue weighted by Crippen LogP contribution is 2.47. The average molecular weight is 229 g/mol. The molecule has 0 radical (unpaired) electrons. The fourth-order valence-electron chi connectivity index (χ4n) is 3.16. The summed E-state index contributed by atoms with van der Waals surface area (Å²) in [6.45, 7) is 2.36. The molecule has 17 heavy (non-hydrogen) atoms. The van der Waals surface area contributed by atoms with Crippen LogP contribution in [0.25, 0.3) is 0 Å². The molecule has 0 aromatic heterocycles. The molecule has 0 aliphatic heterocycles. The molecule has 1 N–H and O–H groups in total. The summed E-state index contributed by atoms with van der Waals surface area (Å²) in [5.41, 5.74) is 3.03. The first-order valence-corrected chi connectivity index (χ1v) is 7.06. The normalized spacial score (nSPS) is 29.8. The van der Waals surface area contributed by atoms with Crippen molar-refractivity contribution in [3.8, 4) is 0 Å². The molecule has 1 aromatic carbocycles. The van der Waals surface area contributed by atoms with Gasteiger partial charge in [-0.25, -0.2) is 0 Å². The summed E-state index contributed by atoms with van der Waals surface area (Å²) in [7, 11) is 2.09. The molecule has 1 heteroatoms. The number of hydrogen-bond donors (Lipinski definition) is 1. The van der Waals surface area contributed by atoms with Crippen molar-refractivity contribution in [2.24, 2.45) is 11.8 Å². The van der Waals surface area contributed by atoms with E-state index in [2.05, 4.69) is 43.6 Å². The van der Waals surface area contributed by atoms with Gasteiger partial charge in [-0.2, -0.15) is 0 Å². The van der Waals surface area contributed by atoms with Crippen molar-refractivity contribution >= 4 is 0 Å². The number of hydrogen-bond acceptors (Lipinski definition) is 1. The first-order valence-electron chi connectivity index (χ1n) is 7.06. The van der Waals surface area contributed by atoms with Crippen molar-refractivity contribution in [1.29, 1.82) is 0 Å². The molecule has 0 bridgehead atoms. The maximum atomic E-state index is 3.49. The van der Waals surface area contributed by atoms with Crippen molar-refractivity contribution in [3.05, 3.63) is 35.4 Å². The Bertz CT molecular complexity index is 377. The Balaban J connectivity index is 1.73. The molecule has 3 rings (SSSR count). The Morgan fingerprint density at radius 1 is 1.18 bits per heavy atom. The lowest BCUT2D eigenvalue weighted by molar-refractivity contribution is 0.419. The van der Waals surface area contributed by atoms with Crippen LogP contribution >= 0.6 is 0 Å². The zero-order chi connectivity index (χ0) is 11.8. The minimum atomic E-state index is 0.570. The number of benzene rings is 1. The lowest BCUT2D eigenvalue weighted by Gasteiger charge is -2.26. The zero-order valence-corrected chi connectivity index (χ0v) is 10.9. The Labute approximate surface area is 105 Å². The Kier molecular flexibility index (Phi) is 2.96. The average Bonchev–Trinajstić information content (AvgIpc) is 2.97. The van der Waals surface area contributed by atoms with Gasteiger partial charge in [-0.3, -0.25) is 0 Å². The molecule has 2 aliphatic carbocycles. The molecule has 1 aromatic rings. The molecule has 2 fully saturated rings. The van der Waals surface area contributed by atoms with Gasteiger partial charge in [-0.1, -0.05) is 37.6 Å². The lowest BCUT2D eigenvalue weighted by atomic mass is 9.79.